The van der Waals surface area contributed by atoms with E-state index in [2.05, 4.69) is 13.8 Å². The molecule has 0 aliphatic rings. The Balaban J connectivity index is 2.55. The smallest absolute Gasteiger partial charge is 0.274 e. The number of nitro benzene ring substituents is 1. The lowest BCUT2D eigenvalue weighted by atomic mass is 10.1. The van der Waals surface area contributed by atoms with Crippen LogP contribution in [-0.2, 0) is 6.54 Å². The Hall–Kier alpha value is -2.63. The van der Waals surface area contributed by atoms with Gasteiger partial charge in [0.2, 0.25) is 0 Å². The van der Waals surface area contributed by atoms with Crippen LogP contribution in [-0.4, -0.2) is 9.49 Å². The molecule has 0 aliphatic heterocycles. The highest BCUT2D eigenvalue weighted by molar-refractivity contribution is 5.64. The van der Waals surface area contributed by atoms with Gasteiger partial charge in [-0.25, -0.2) is 0 Å². The van der Waals surface area contributed by atoms with Crippen molar-refractivity contribution in [3.63, 3.8) is 0 Å². The van der Waals surface area contributed by atoms with Gasteiger partial charge in [-0.05, 0) is 24.5 Å². The number of rotatable bonds is 5. The Bertz CT molecular complexity index is 751. The number of nitrogens with zero attached hydrogens (tertiary/aromatic N) is 2. The van der Waals surface area contributed by atoms with Crippen LogP contribution in [0.15, 0.2) is 41.2 Å². The van der Waals surface area contributed by atoms with Crippen molar-refractivity contribution in [1.82, 2.24) is 4.57 Å². The molecule has 0 saturated heterocycles. The van der Waals surface area contributed by atoms with Gasteiger partial charge < -0.3 is 10.3 Å². The van der Waals surface area contributed by atoms with Crippen molar-refractivity contribution in [3.05, 3.63) is 56.9 Å². The molecule has 1 aromatic carbocycles. The number of benzene rings is 1. The van der Waals surface area contributed by atoms with E-state index in [9.17, 15) is 14.9 Å². The molecule has 0 spiro atoms. The van der Waals surface area contributed by atoms with Gasteiger partial charge in [0.05, 0.1) is 16.3 Å². The van der Waals surface area contributed by atoms with Crippen LogP contribution in [0.1, 0.15) is 20.3 Å². The van der Waals surface area contributed by atoms with Gasteiger partial charge in [0.25, 0.3) is 11.2 Å². The highest BCUT2D eigenvalue weighted by atomic mass is 16.6. The standard InChI is InChI=1S/C16H19N3O3/c1-11(2)8-9-18-15(7-6-14(17)16(18)20)12-4-3-5-13(10-12)19(21)22/h3-7,10-11H,8-9,17H2,1-2H3. The minimum atomic E-state index is -0.447. The Labute approximate surface area is 128 Å². The van der Waals surface area contributed by atoms with Gasteiger partial charge >= 0.3 is 0 Å². The SMILES string of the molecule is CC(C)CCn1c(-c2cccc([N+](=O)[O-])c2)ccc(N)c1=O. The van der Waals surface area contributed by atoms with Crippen molar-refractivity contribution >= 4 is 11.4 Å². The molecule has 2 N–H and O–H groups in total. The predicted molar refractivity (Wildman–Crippen MR) is 86.7 cm³/mol. The Morgan fingerprint density at radius 2 is 2.00 bits per heavy atom. The van der Waals surface area contributed by atoms with Crippen molar-refractivity contribution in [1.29, 1.82) is 0 Å². The summed E-state index contributed by atoms with van der Waals surface area (Å²) in [4.78, 5) is 22.8. The first kappa shape index (κ1) is 15.8. The first-order valence-electron chi connectivity index (χ1n) is 7.14. The zero-order chi connectivity index (χ0) is 16.3. The Morgan fingerprint density at radius 1 is 1.27 bits per heavy atom. The third-order valence-corrected chi connectivity index (χ3v) is 3.49. The van der Waals surface area contributed by atoms with E-state index in [4.69, 9.17) is 5.73 Å². The summed E-state index contributed by atoms with van der Waals surface area (Å²) in [5.41, 5.74) is 6.90. The van der Waals surface area contributed by atoms with E-state index < -0.39 is 4.92 Å². The summed E-state index contributed by atoms with van der Waals surface area (Å²) in [6.07, 6.45) is 0.825. The first-order valence-corrected chi connectivity index (χ1v) is 7.14. The summed E-state index contributed by atoms with van der Waals surface area (Å²) >= 11 is 0. The van der Waals surface area contributed by atoms with Crippen molar-refractivity contribution in [2.45, 2.75) is 26.8 Å². The largest absolute Gasteiger partial charge is 0.394 e. The molecule has 1 aromatic heterocycles. The van der Waals surface area contributed by atoms with E-state index >= 15 is 0 Å². The van der Waals surface area contributed by atoms with Crippen LogP contribution >= 0.6 is 0 Å². The maximum atomic E-state index is 12.3. The minimum absolute atomic E-state index is 0.00261. The highest BCUT2D eigenvalue weighted by Crippen LogP contribution is 2.24. The topological polar surface area (TPSA) is 91.2 Å². The summed E-state index contributed by atoms with van der Waals surface area (Å²) in [6, 6.07) is 9.54. The fourth-order valence-corrected chi connectivity index (χ4v) is 2.24. The molecule has 0 saturated carbocycles. The predicted octanol–water partition coefficient (Wildman–Crippen LogP) is 3.05. The molecule has 0 bridgehead atoms. The van der Waals surface area contributed by atoms with Crippen LogP contribution in [0.5, 0.6) is 0 Å². The van der Waals surface area contributed by atoms with Gasteiger partial charge in [0.1, 0.15) is 0 Å². The second-order valence-corrected chi connectivity index (χ2v) is 5.62. The normalized spacial score (nSPS) is 10.9. The van der Waals surface area contributed by atoms with E-state index in [1.54, 1.807) is 28.8 Å². The molecular weight excluding hydrogens is 282 g/mol. The Morgan fingerprint density at radius 3 is 2.64 bits per heavy atom. The van der Waals surface area contributed by atoms with E-state index in [1.807, 2.05) is 0 Å². The van der Waals surface area contributed by atoms with Gasteiger partial charge in [-0.3, -0.25) is 14.9 Å². The molecule has 6 heteroatoms. The number of hydrogen-bond acceptors (Lipinski definition) is 4. The second-order valence-electron chi connectivity index (χ2n) is 5.62. The van der Waals surface area contributed by atoms with Crippen molar-refractivity contribution in [3.8, 4) is 11.3 Å². The maximum Gasteiger partial charge on any atom is 0.274 e. The fraction of sp³-hybridized carbons (Fsp3) is 0.312. The van der Waals surface area contributed by atoms with Crippen LogP contribution in [0.25, 0.3) is 11.3 Å². The molecule has 2 aromatic rings. The number of aromatic nitrogens is 1. The quantitative estimate of drug-likeness (QED) is 0.678. The lowest BCUT2D eigenvalue weighted by molar-refractivity contribution is -0.384. The average Bonchev–Trinajstić information content (AvgIpc) is 2.48. The van der Waals surface area contributed by atoms with Crippen molar-refractivity contribution in [2.24, 2.45) is 5.92 Å². The molecule has 0 aliphatic carbocycles. The third-order valence-electron chi connectivity index (χ3n) is 3.49. The van der Waals surface area contributed by atoms with E-state index in [-0.39, 0.29) is 16.9 Å². The lowest BCUT2D eigenvalue weighted by Crippen LogP contribution is -2.24. The maximum absolute atomic E-state index is 12.3. The van der Waals surface area contributed by atoms with Crippen LogP contribution < -0.4 is 11.3 Å². The molecule has 6 nitrogen and oxygen atoms in total. The Kier molecular flexibility index (Phi) is 4.60. The number of anilines is 1. The number of pyridine rings is 1. The number of nitrogens with two attached hydrogens (primary N) is 1. The van der Waals surface area contributed by atoms with Gasteiger partial charge in [0, 0.05) is 24.2 Å². The van der Waals surface area contributed by atoms with Gasteiger partial charge in [0.15, 0.2) is 0 Å². The zero-order valence-corrected chi connectivity index (χ0v) is 12.7. The average molecular weight is 301 g/mol. The van der Waals surface area contributed by atoms with E-state index in [0.29, 0.717) is 23.7 Å². The van der Waals surface area contributed by atoms with Crippen LogP contribution in [0.4, 0.5) is 11.4 Å². The molecule has 2 rings (SSSR count). The van der Waals surface area contributed by atoms with Gasteiger partial charge in [-0.15, -0.1) is 0 Å². The molecular formula is C16H19N3O3. The second kappa shape index (κ2) is 6.43. The zero-order valence-electron chi connectivity index (χ0n) is 12.7. The molecule has 0 radical (unpaired) electrons. The van der Waals surface area contributed by atoms with Crippen molar-refractivity contribution in [2.75, 3.05) is 5.73 Å². The number of hydrogen-bond donors (Lipinski definition) is 1. The molecule has 0 amide bonds. The minimum Gasteiger partial charge on any atom is -0.394 e. The highest BCUT2D eigenvalue weighted by Gasteiger charge is 2.12. The third kappa shape index (κ3) is 3.33. The molecule has 116 valence electrons. The lowest BCUT2D eigenvalue weighted by Gasteiger charge is -2.15. The molecule has 22 heavy (non-hydrogen) atoms. The molecule has 1 heterocycles. The van der Waals surface area contributed by atoms with Crippen LogP contribution in [0, 0.1) is 16.0 Å². The van der Waals surface area contributed by atoms with Crippen LogP contribution in [0.2, 0.25) is 0 Å². The summed E-state index contributed by atoms with van der Waals surface area (Å²) in [6.45, 7) is 4.67. The summed E-state index contributed by atoms with van der Waals surface area (Å²) in [7, 11) is 0. The number of nitrogen functional groups attached to an aromatic ring is 1. The van der Waals surface area contributed by atoms with E-state index in [0.717, 1.165) is 6.42 Å². The summed E-state index contributed by atoms with van der Waals surface area (Å²) < 4.78 is 1.59. The molecule has 0 unspecified atom stereocenters. The van der Waals surface area contributed by atoms with Gasteiger partial charge in [-0.2, -0.15) is 0 Å². The first-order chi connectivity index (χ1) is 10.4. The van der Waals surface area contributed by atoms with Crippen molar-refractivity contribution < 1.29 is 4.92 Å². The van der Waals surface area contributed by atoms with Gasteiger partial charge in [-0.1, -0.05) is 26.0 Å². The van der Waals surface area contributed by atoms with E-state index in [1.165, 1.54) is 12.1 Å². The monoisotopic (exact) mass is 301 g/mol. The summed E-state index contributed by atoms with van der Waals surface area (Å²) in [5.74, 6) is 0.436. The number of non-ortho nitro benzene ring substituents is 1. The molecule has 0 fully saturated rings. The molecule has 0 atom stereocenters. The van der Waals surface area contributed by atoms with Crippen LogP contribution in [0.3, 0.4) is 0 Å². The summed E-state index contributed by atoms with van der Waals surface area (Å²) in [5, 5.41) is 10.9. The number of nitro groups is 1. The fourth-order valence-electron chi connectivity index (χ4n) is 2.24.